The van der Waals surface area contributed by atoms with Crippen LogP contribution in [0.1, 0.15) is 45.4 Å². The maximum absolute atomic E-state index is 12.6. The molecule has 0 heterocycles. The smallest absolute Gasteiger partial charge is 0.373 e. The van der Waals surface area contributed by atoms with Gasteiger partial charge in [-0.1, -0.05) is 39.0 Å². The lowest BCUT2D eigenvalue weighted by Crippen LogP contribution is -2.61. The van der Waals surface area contributed by atoms with E-state index in [-0.39, 0.29) is 12.3 Å². The summed E-state index contributed by atoms with van der Waals surface area (Å²) in [6, 6.07) is 0. The van der Waals surface area contributed by atoms with Crippen LogP contribution in [0.2, 0.25) is 0 Å². The van der Waals surface area contributed by atoms with Gasteiger partial charge in [-0.2, -0.15) is 26.3 Å². The minimum atomic E-state index is -5.71. The normalized spacial score (nSPS) is 21.5. The molecule has 1 nitrogen and oxygen atoms in total. The van der Waals surface area contributed by atoms with Crippen molar-refractivity contribution in [1.29, 1.82) is 0 Å². The lowest BCUT2D eigenvalue weighted by atomic mass is 9.76. The Labute approximate surface area is 108 Å². The molecule has 19 heavy (non-hydrogen) atoms. The van der Waals surface area contributed by atoms with E-state index in [0.717, 1.165) is 26.2 Å². The zero-order valence-corrected chi connectivity index (χ0v) is 10.6. The van der Waals surface area contributed by atoms with Crippen molar-refractivity contribution in [3.8, 4) is 0 Å². The molecule has 1 N–H and O–H groups in total. The Bertz CT molecular complexity index is 276. The van der Waals surface area contributed by atoms with E-state index in [1.165, 1.54) is 0 Å². The summed E-state index contributed by atoms with van der Waals surface area (Å²) in [5.74, 6) is -2.06. The van der Waals surface area contributed by atoms with Gasteiger partial charge in [-0.3, -0.25) is 0 Å². The number of aliphatic hydroxyl groups is 1. The number of rotatable bonds is 3. The van der Waals surface area contributed by atoms with Crippen molar-refractivity contribution >= 4 is 0 Å². The van der Waals surface area contributed by atoms with Gasteiger partial charge in [-0.15, -0.1) is 0 Å². The molecule has 1 aliphatic carbocycles. The van der Waals surface area contributed by atoms with Gasteiger partial charge in [-0.25, -0.2) is 0 Å². The zero-order valence-electron chi connectivity index (χ0n) is 10.6. The second-order valence-corrected chi connectivity index (χ2v) is 5.40. The Morgan fingerprint density at radius 1 is 0.947 bits per heavy atom. The molecule has 1 atom stereocenters. The molecule has 0 saturated heterocycles. The Balaban J connectivity index is 2.86. The third kappa shape index (κ3) is 3.35. The number of hydrogen-bond acceptors (Lipinski definition) is 1. The quantitative estimate of drug-likeness (QED) is 0.762. The zero-order chi connectivity index (χ0) is 14.9. The van der Waals surface area contributed by atoms with Crippen molar-refractivity contribution in [2.24, 2.45) is 11.8 Å². The van der Waals surface area contributed by atoms with Crippen molar-refractivity contribution in [3.05, 3.63) is 0 Å². The summed E-state index contributed by atoms with van der Waals surface area (Å²) >= 11 is 0. The van der Waals surface area contributed by atoms with Crippen LogP contribution in [0.3, 0.4) is 0 Å². The van der Waals surface area contributed by atoms with Gasteiger partial charge in [0.15, 0.2) is 0 Å². The maximum atomic E-state index is 12.6. The molecule has 0 amide bonds. The third-order valence-corrected chi connectivity index (χ3v) is 3.99. The minimum absolute atomic E-state index is 0.167. The first-order valence-corrected chi connectivity index (χ1v) is 6.36. The fourth-order valence-electron chi connectivity index (χ4n) is 2.81. The standard InChI is InChI=1S/C12H18F6O/c1-8(7-9-5-3-2-4-6-9)10(19,11(13,14)15)12(16,17)18/h8-9,19H,2-7H2,1H3/t8-/m0/s1. The second-order valence-electron chi connectivity index (χ2n) is 5.40. The predicted octanol–water partition coefficient (Wildman–Crippen LogP) is 4.45. The molecule has 1 saturated carbocycles. The molecule has 0 aromatic heterocycles. The van der Waals surface area contributed by atoms with Crippen molar-refractivity contribution in [2.75, 3.05) is 0 Å². The van der Waals surface area contributed by atoms with E-state index in [1.807, 2.05) is 0 Å². The topological polar surface area (TPSA) is 20.2 Å². The average Bonchev–Trinajstić information content (AvgIpc) is 2.26. The van der Waals surface area contributed by atoms with E-state index in [9.17, 15) is 31.4 Å². The van der Waals surface area contributed by atoms with E-state index < -0.39 is 23.9 Å². The van der Waals surface area contributed by atoms with E-state index in [1.54, 1.807) is 0 Å². The third-order valence-electron chi connectivity index (χ3n) is 3.99. The lowest BCUT2D eigenvalue weighted by molar-refractivity contribution is -0.384. The van der Waals surface area contributed by atoms with Crippen LogP contribution in [-0.2, 0) is 0 Å². The highest BCUT2D eigenvalue weighted by molar-refractivity contribution is 4.98. The molecule has 0 spiro atoms. The highest BCUT2D eigenvalue weighted by Gasteiger charge is 2.72. The molecule has 0 aliphatic heterocycles. The average molecular weight is 292 g/mol. The first-order valence-electron chi connectivity index (χ1n) is 6.36. The summed E-state index contributed by atoms with van der Waals surface area (Å²) in [4.78, 5) is 0. The second kappa shape index (κ2) is 5.50. The molecule has 0 bridgehead atoms. The lowest BCUT2D eigenvalue weighted by Gasteiger charge is -2.39. The van der Waals surface area contributed by atoms with Crippen LogP contribution in [0.25, 0.3) is 0 Å². The molecule has 1 aliphatic rings. The van der Waals surface area contributed by atoms with Gasteiger partial charge in [0.25, 0.3) is 5.60 Å². The van der Waals surface area contributed by atoms with Crippen molar-refractivity contribution in [2.45, 2.75) is 63.4 Å². The van der Waals surface area contributed by atoms with E-state index in [0.29, 0.717) is 12.8 Å². The SMILES string of the molecule is C[C@@H](CC1CCCCC1)C(O)(C(F)(F)F)C(F)(F)F. The van der Waals surface area contributed by atoms with E-state index in [2.05, 4.69) is 0 Å². The monoisotopic (exact) mass is 292 g/mol. The highest BCUT2D eigenvalue weighted by atomic mass is 19.4. The van der Waals surface area contributed by atoms with Gasteiger partial charge in [0, 0.05) is 5.92 Å². The number of hydrogen-bond donors (Lipinski definition) is 1. The molecule has 1 fully saturated rings. The summed E-state index contributed by atoms with van der Waals surface area (Å²) in [7, 11) is 0. The number of alkyl halides is 6. The summed E-state index contributed by atoms with van der Waals surface area (Å²) < 4.78 is 75.8. The molecule has 7 heteroatoms. The van der Waals surface area contributed by atoms with Crippen molar-refractivity contribution in [3.63, 3.8) is 0 Å². The molecule has 114 valence electrons. The van der Waals surface area contributed by atoms with Crippen LogP contribution < -0.4 is 0 Å². The minimum Gasteiger partial charge on any atom is -0.373 e. The van der Waals surface area contributed by atoms with Crippen LogP contribution >= 0.6 is 0 Å². The largest absolute Gasteiger partial charge is 0.426 e. The molecule has 0 aromatic carbocycles. The van der Waals surface area contributed by atoms with Crippen molar-refractivity contribution < 1.29 is 31.4 Å². The fraction of sp³-hybridized carbons (Fsp3) is 1.00. The van der Waals surface area contributed by atoms with Crippen LogP contribution in [0, 0.1) is 11.8 Å². The van der Waals surface area contributed by atoms with Gasteiger partial charge >= 0.3 is 12.4 Å². The summed E-state index contributed by atoms with van der Waals surface area (Å²) in [6.07, 6.45) is -7.78. The number of halogens is 6. The first-order chi connectivity index (χ1) is 8.50. The van der Waals surface area contributed by atoms with Gasteiger partial charge in [0.1, 0.15) is 0 Å². The van der Waals surface area contributed by atoms with Crippen LogP contribution in [0.5, 0.6) is 0 Å². The van der Waals surface area contributed by atoms with Crippen LogP contribution in [0.15, 0.2) is 0 Å². The fourth-order valence-corrected chi connectivity index (χ4v) is 2.81. The molecular weight excluding hydrogens is 274 g/mol. The Morgan fingerprint density at radius 2 is 1.37 bits per heavy atom. The summed E-state index contributed by atoms with van der Waals surface area (Å²) in [5, 5.41) is 9.23. The van der Waals surface area contributed by atoms with Gasteiger partial charge in [-0.05, 0) is 12.3 Å². The van der Waals surface area contributed by atoms with Gasteiger partial charge < -0.3 is 5.11 Å². The van der Waals surface area contributed by atoms with Crippen LogP contribution in [-0.4, -0.2) is 23.1 Å². The molecule has 0 radical (unpaired) electrons. The predicted molar refractivity (Wildman–Crippen MR) is 57.4 cm³/mol. The Morgan fingerprint density at radius 3 is 1.74 bits per heavy atom. The van der Waals surface area contributed by atoms with E-state index in [4.69, 9.17) is 0 Å². The summed E-state index contributed by atoms with van der Waals surface area (Å²) in [5.41, 5.74) is -4.61. The maximum Gasteiger partial charge on any atom is 0.426 e. The Hall–Kier alpha value is -0.460. The molecule has 1 rings (SSSR count). The first kappa shape index (κ1) is 16.6. The van der Waals surface area contributed by atoms with Crippen LogP contribution in [0.4, 0.5) is 26.3 Å². The molecule has 0 unspecified atom stereocenters. The summed E-state index contributed by atoms with van der Waals surface area (Å²) in [6.45, 7) is 0.829. The van der Waals surface area contributed by atoms with Gasteiger partial charge in [0.2, 0.25) is 0 Å². The molecular formula is C12H18F6O. The Kier molecular flexibility index (Phi) is 4.80. The van der Waals surface area contributed by atoms with Crippen molar-refractivity contribution in [1.82, 2.24) is 0 Å². The highest BCUT2D eigenvalue weighted by Crippen LogP contribution is 2.49. The van der Waals surface area contributed by atoms with E-state index >= 15 is 0 Å². The van der Waals surface area contributed by atoms with Gasteiger partial charge in [0.05, 0.1) is 0 Å². The molecule has 0 aromatic rings.